The normalized spacial score (nSPS) is 25.1. The van der Waals surface area contributed by atoms with E-state index in [0.717, 1.165) is 6.54 Å². The minimum atomic E-state index is 0.0834. The fourth-order valence-corrected chi connectivity index (χ4v) is 2.12. The van der Waals surface area contributed by atoms with E-state index in [9.17, 15) is 4.79 Å². The van der Waals surface area contributed by atoms with Crippen molar-refractivity contribution >= 4 is 11.9 Å². The van der Waals surface area contributed by atoms with E-state index in [0.29, 0.717) is 12.2 Å². The molecule has 1 heterocycles. The number of hydrogen-bond donors (Lipinski definition) is 1. The molecular weight excluding hydrogens is 222 g/mol. The van der Waals surface area contributed by atoms with Crippen LogP contribution in [0, 0.1) is 5.92 Å². The maximum Gasteiger partial charge on any atom is 0.138 e. The van der Waals surface area contributed by atoms with Crippen LogP contribution in [0.3, 0.4) is 0 Å². The molecule has 0 radical (unpaired) electrons. The average Bonchev–Trinajstić information content (AvgIpc) is 2.40. The number of carbonyl (C=O) groups excluding carboxylic acids is 1. The Morgan fingerprint density at radius 1 is 1.22 bits per heavy atom. The molecule has 0 aromatic heterocycles. The largest absolute Gasteiger partial charge is 0.309 e. The number of allylic oxidation sites excluding steroid dienone is 2. The van der Waals surface area contributed by atoms with Gasteiger partial charge in [-0.05, 0) is 5.56 Å². The summed E-state index contributed by atoms with van der Waals surface area (Å²) in [5.41, 5.74) is 1.18. The molecule has 2 heteroatoms. The zero-order valence-corrected chi connectivity index (χ0v) is 10.7. The van der Waals surface area contributed by atoms with E-state index < -0.39 is 0 Å². The molecule has 1 N–H and O–H groups in total. The molecule has 1 aliphatic heterocycles. The molecule has 1 fully saturated rings. The third-order valence-electron chi connectivity index (χ3n) is 3.32. The van der Waals surface area contributed by atoms with Gasteiger partial charge in [0.05, 0.1) is 0 Å². The Labute approximate surface area is 108 Å². The van der Waals surface area contributed by atoms with Crippen LogP contribution in [-0.2, 0) is 4.79 Å². The van der Waals surface area contributed by atoms with Crippen LogP contribution in [0.4, 0.5) is 0 Å². The highest BCUT2D eigenvalue weighted by Crippen LogP contribution is 2.13. The van der Waals surface area contributed by atoms with Crippen molar-refractivity contribution in [2.24, 2.45) is 5.92 Å². The van der Waals surface area contributed by atoms with Gasteiger partial charge in [-0.15, -0.1) is 0 Å². The minimum absolute atomic E-state index is 0.0834. The molecule has 0 unspecified atom stereocenters. The lowest BCUT2D eigenvalue weighted by Gasteiger charge is -2.26. The number of carbonyl (C=O) groups is 1. The van der Waals surface area contributed by atoms with Crippen molar-refractivity contribution in [3.8, 4) is 0 Å². The highest BCUT2D eigenvalue weighted by molar-refractivity contribution is 5.82. The second-order valence-corrected chi connectivity index (χ2v) is 4.64. The molecular formula is C16H19NO. The summed E-state index contributed by atoms with van der Waals surface area (Å²) in [5.74, 6) is 0.440. The molecule has 0 bridgehead atoms. The first-order valence-corrected chi connectivity index (χ1v) is 6.43. The molecule has 1 aromatic rings. The minimum Gasteiger partial charge on any atom is -0.309 e. The molecule has 0 amide bonds. The van der Waals surface area contributed by atoms with E-state index in [-0.39, 0.29) is 12.0 Å². The number of rotatable bonds is 3. The van der Waals surface area contributed by atoms with Gasteiger partial charge in [-0.1, -0.05) is 61.6 Å². The highest BCUT2D eigenvalue weighted by atomic mass is 16.1. The Hall–Kier alpha value is -1.67. The quantitative estimate of drug-likeness (QED) is 0.824. The fraction of sp³-hybridized carbons (Fsp3) is 0.312. The molecule has 1 aromatic carbocycles. The van der Waals surface area contributed by atoms with Crippen molar-refractivity contribution in [2.75, 3.05) is 6.54 Å². The van der Waals surface area contributed by atoms with Gasteiger partial charge >= 0.3 is 0 Å². The van der Waals surface area contributed by atoms with Gasteiger partial charge in [0, 0.05) is 24.9 Å². The van der Waals surface area contributed by atoms with Crippen molar-refractivity contribution in [2.45, 2.75) is 19.4 Å². The van der Waals surface area contributed by atoms with Gasteiger partial charge < -0.3 is 5.32 Å². The van der Waals surface area contributed by atoms with Crippen LogP contribution in [0.25, 0.3) is 6.08 Å². The molecule has 1 saturated heterocycles. The topological polar surface area (TPSA) is 29.1 Å². The van der Waals surface area contributed by atoms with Crippen molar-refractivity contribution in [1.82, 2.24) is 5.32 Å². The van der Waals surface area contributed by atoms with Gasteiger partial charge in [0.2, 0.25) is 0 Å². The van der Waals surface area contributed by atoms with E-state index in [1.807, 2.05) is 37.3 Å². The Bertz CT molecular complexity index is 447. The zero-order valence-electron chi connectivity index (χ0n) is 10.7. The first kappa shape index (κ1) is 12.8. The maximum absolute atomic E-state index is 11.6. The predicted octanol–water partition coefficient (Wildman–Crippen LogP) is 2.82. The molecule has 2 atom stereocenters. The maximum atomic E-state index is 11.6. The van der Waals surface area contributed by atoms with Crippen molar-refractivity contribution in [3.05, 3.63) is 54.1 Å². The molecule has 2 rings (SSSR count). The average molecular weight is 241 g/mol. The van der Waals surface area contributed by atoms with Crippen molar-refractivity contribution in [1.29, 1.82) is 0 Å². The summed E-state index contributed by atoms with van der Waals surface area (Å²) in [4.78, 5) is 11.6. The Kier molecular flexibility index (Phi) is 4.48. The van der Waals surface area contributed by atoms with Crippen LogP contribution >= 0.6 is 0 Å². The third-order valence-corrected chi connectivity index (χ3v) is 3.32. The summed E-state index contributed by atoms with van der Waals surface area (Å²) in [5, 5.41) is 3.36. The number of Topliss-reactive ketones (excluding diaryl/α,β-unsaturated/α-hetero) is 1. The number of ketones is 1. The van der Waals surface area contributed by atoms with Crippen LogP contribution in [0.1, 0.15) is 18.9 Å². The lowest BCUT2D eigenvalue weighted by Crippen LogP contribution is -2.43. The first-order valence-electron chi connectivity index (χ1n) is 6.43. The molecule has 18 heavy (non-hydrogen) atoms. The molecule has 94 valence electrons. The summed E-state index contributed by atoms with van der Waals surface area (Å²) in [6.07, 6.45) is 8.82. The monoisotopic (exact) mass is 241 g/mol. The van der Waals surface area contributed by atoms with E-state index in [4.69, 9.17) is 0 Å². The molecule has 2 nitrogen and oxygen atoms in total. The summed E-state index contributed by atoms with van der Waals surface area (Å²) >= 11 is 0. The van der Waals surface area contributed by atoms with Crippen LogP contribution in [0.15, 0.2) is 48.6 Å². The lowest BCUT2D eigenvalue weighted by atomic mass is 9.91. The predicted molar refractivity (Wildman–Crippen MR) is 75.2 cm³/mol. The smallest absolute Gasteiger partial charge is 0.138 e. The van der Waals surface area contributed by atoms with Crippen LogP contribution in [0.2, 0.25) is 0 Å². The summed E-state index contributed by atoms with van der Waals surface area (Å²) in [6.45, 7) is 2.78. The van der Waals surface area contributed by atoms with Crippen LogP contribution < -0.4 is 5.32 Å². The second-order valence-electron chi connectivity index (χ2n) is 4.64. The standard InChI is InChI=1S/C16H19NO/c1-13-15(17-12-11-16(13)18)10-6-5-9-14-7-3-2-4-8-14/h2-10,13,15,17H,11-12H2,1H3/b9-5+,10-6+/t13-,15-/m0/s1. The molecule has 1 aliphatic rings. The summed E-state index contributed by atoms with van der Waals surface area (Å²) < 4.78 is 0. The van der Waals surface area contributed by atoms with Gasteiger partial charge in [0.25, 0.3) is 0 Å². The first-order chi connectivity index (χ1) is 8.77. The van der Waals surface area contributed by atoms with E-state index in [1.165, 1.54) is 5.56 Å². The summed E-state index contributed by atoms with van der Waals surface area (Å²) in [6, 6.07) is 10.4. The number of nitrogens with one attached hydrogen (secondary N) is 1. The van der Waals surface area contributed by atoms with Gasteiger partial charge in [-0.2, -0.15) is 0 Å². The van der Waals surface area contributed by atoms with E-state index in [1.54, 1.807) is 0 Å². The Morgan fingerprint density at radius 3 is 2.78 bits per heavy atom. The Morgan fingerprint density at radius 2 is 2.00 bits per heavy atom. The van der Waals surface area contributed by atoms with E-state index in [2.05, 4.69) is 29.6 Å². The van der Waals surface area contributed by atoms with Gasteiger partial charge in [-0.25, -0.2) is 0 Å². The number of benzene rings is 1. The SMILES string of the molecule is C[C@@H]1C(=O)CCN[C@H]1/C=C/C=C/c1ccccc1. The number of hydrogen-bond acceptors (Lipinski definition) is 2. The molecule has 0 aliphatic carbocycles. The number of piperidine rings is 1. The van der Waals surface area contributed by atoms with Crippen molar-refractivity contribution < 1.29 is 4.79 Å². The fourth-order valence-electron chi connectivity index (χ4n) is 2.12. The van der Waals surface area contributed by atoms with Crippen LogP contribution in [-0.4, -0.2) is 18.4 Å². The zero-order chi connectivity index (χ0) is 12.8. The summed E-state index contributed by atoms with van der Waals surface area (Å²) in [7, 11) is 0. The highest BCUT2D eigenvalue weighted by Gasteiger charge is 2.25. The molecule has 0 spiro atoms. The van der Waals surface area contributed by atoms with Crippen LogP contribution in [0.5, 0.6) is 0 Å². The van der Waals surface area contributed by atoms with Crippen molar-refractivity contribution in [3.63, 3.8) is 0 Å². The van der Waals surface area contributed by atoms with Gasteiger partial charge in [-0.3, -0.25) is 4.79 Å². The second kappa shape index (κ2) is 6.31. The van der Waals surface area contributed by atoms with Gasteiger partial charge in [0.1, 0.15) is 5.78 Å². The lowest BCUT2D eigenvalue weighted by molar-refractivity contribution is -0.124. The third kappa shape index (κ3) is 3.41. The van der Waals surface area contributed by atoms with Gasteiger partial charge in [0.15, 0.2) is 0 Å². The molecule has 0 saturated carbocycles. The van der Waals surface area contributed by atoms with E-state index >= 15 is 0 Å². The Balaban J connectivity index is 1.91.